The molecule has 0 bridgehead atoms. The molecule has 0 fully saturated rings. The number of carbonyl (C=O) groups is 2. The van der Waals surface area contributed by atoms with Crippen LogP contribution in [0.1, 0.15) is 22.8 Å². The zero-order chi connectivity index (χ0) is 12.8. The number of hydrogen-bond acceptors (Lipinski definition) is 3. The van der Waals surface area contributed by atoms with Crippen molar-refractivity contribution in [3.63, 3.8) is 0 Å². The van der Waals surface area contributed by atoms with Gasteiger partial charge >= 0.3 is 0 Å². The van der Waals surface area contributed by atoms with E-state index in [9.17, 15) is 14.0 Å². The zero-order valence-electron chi connectivity index (χ0n) is 9.08. The topological polar surface area (TPSA) is 66.4 Å². The van der Waals surface area contributed by atoms with Crippen LogP contribution in [-0.4, -0.2) is 23.8 Å². The maximum Gasteiger partial charge on any atom is 0.217 e. The van der Waals surface area contributed by atoms with Gasteiger partial charge in [-0.1, -0.05) is 11.8 Å². The van der Waals surface area contributed by atoms with Crippen molar-refractivity contribution in [3.8, 4) is 17.6 Å². The van der Waals surface area contributed by atoms with Crippen molar-refractivity contribution in [1.29, 1.82) is 0 Å². The van der Waals surface area contributed by atoms with Crippen molar-refractivity contribution >= 4 is 12.2 Å². The predicted octanol–water partition coefficient (Wildman–Crippen LogP) is 0.831. The molecule has 4 nitrogen and oxygen atoms in total. The number of halogens is 1. The number of rotatable bonds is 2. The van der Waals surface area contributed by atoms with E-state index in [1.807, 2.05) is 0 Å². The van der Waals surface area contributed by atoms with Gasteiger partial charge in [0.05, 0.1) is 12.1 Å². The van der Waals surface area contributed by atoms with E-state index in [1.54, 1.807) is 0 Å². The molecule has 0 saturated heterocycles. The Morgan fingerprint density at radius 2 is 2.29 bits per heavy atom. The van der Waals surface area contributed by atoms with E-state index in [-0.39, 0.29) is 23.6 Å². The summed E-state index contributed by atoms with van der Waals surface area (Å²) in [5, 5.41) is 11.6. The molecule has 0 aliphatic carbocycles. The van der Waals surface area contributed by atoms with Crippen LogP contribution in [-0.2, 0) is 4.79 Å². The number of aldehydes is 1. The second kappa shape index (κ2) is 5.66. The third-order valence-electron chi connectivity index (χ3n) is 1.88. The minimum absolute atomic E-state index is 0.133. The molecule has 0 unspecified atom stereocenters. The van der Waals surface area contributed by atoms with Gasteiger partial charge in [-0.05, 0) is 12.1 Å². The SMILES string of the molecule is CC(=O)NCC#Cc1cc(F)c(O)c(C=O)c1. The molecule has 0 aromatic heterocycles. The fourth-order valence-corrected chi connectivity index (χ4v) is 1.10. The van der Waals surface area contributed by atoms with Crippen molar-refractivity contribution in [2.24, 2.45) is 0 Å². The van der Waals surface area contributed by atoms with Gasteiger partial charge in [0.15, 0.2) is 17.9 Å². The number of benzene rings is 1. The van der Waals surface area contributed by atoms with Gasteiger partial charge in [-0.15, -0.1) is 0 Å². The highest BCUT2D eigenvalue weighted by molar-refractivity contribution is 5.80. The Labute approximate surface area is 97.5 Å². The van der Waals surface area contributed by atoms with E-state index >= 15 is 0 Å². The lowest BCUT2D eigenvalue weighted by Gasteiger charge is -1.99. The first-order valence-corrected chi connectivity index (χ1v) is 4.75. The molecule has 1 aromatic rings. The average Bonchev–Trinajstić information content (AvgIpc) is 2.28. The highest BCUT2D eigenvalue weighted by atomic mass is 19.1. The van der Waals surface area contributed by atoms with Crippen molar-refractivity contribution in [2.75, 3.05) is 6.54 Å². The Kier molecular flexibility index (Phi) is 4.23. The molecule has 0 aliphatic rings. The molecule has 0 aliphatic heterocycles. The molecule has 0 heterocycles. The summed E-state index contributed by atoms with van der Waals surface area (Å²) in [6, 6.07) is 2.29. The van der Waals surface area contributed by atoms with Crippen LogP contribution >= 0.6 is 0 Å². The lowest BCUT2D eigenvalue weighted by molar-refractivity contribution is -0.118. The molecule has 1 rings (SSSR count). The fraction of sp³-hybridized carbons (Fsp3) is 0.167. The largest absolute Gasteiger partial charge is 0.504 e. The van der Waals surface area contributed by atoms with Crippen LogP contribution in [0.2, 0.25) is 0 Å². The molecule has 17 heavy (non-hydrogen) atoms. The molecule has 88 valence electrons. The van der Waals surface area contributed by atoms with Gasteiger partial charge in [0.1, 0.15) is 0 Å². The quantitative estimate of drug-likeness (QED) is 0.589. The summed E-state index contributed by atoms with van der Waals surface area (Å²) in [5.74, 6) is 3.34. The maximum absolute atomic E-state index is 13.1. The summed E-state index contributed by atoms with van der Waals surface area (Å²) in [5.41, 5.74) is 0.0987. The summed E-state index contributed by atoms with van der Waals surface area (Å²) >= 11 is 0. The number of hydrogen-bond donors (Lipinski definition) is 2. The first kappa shape index (κ1) is 12.7. The van der Waals surface area contributed by atoms with Gasteiger partial charge in [-0.2, -0.15) is 0 Å². The van der Waals surface area contributed by atoms with E-state index < -0.39 is 11.6 Å². The smallest absolute Gasteiger partial charge is 0.217 e. The van der Waals surface area contributed by atoms with Gasteiger partial charge in [-0.25, -0.2) is 4.39 Å². The summed E-state index contributed by atoms with van der Waals surface area (Å²) in [4.78, 5) is 21.1. The van der Waals surface area contributed by atoms with Gasteiger partial charge < -0.3 is 10.4 Å². The van der Waals surface area contributed by atoms with E-state index in [1.165, 1.54) is 13.0 Å². The lowest BCUT2D eigenvalue weighted by atomic mass is 10.1. The summed E-state index contributed by atoms with van der Waals surface area (Å²) in [7, 11) is 0. The molecule has 2 N–H and O–H groups in total. The van der Waals surface area contributed by atoms with Crippen LogP contribution in [0.25, 0.3) is 0 Å². The number of amides is 1. The summed E-state index contributed by atoms with van der Waals surface area (Å²) in [6.07, 6.45) is 0.345. The first-order chi connectivity index (χ1) is 8.04. The standard InChI is InChI=1S/C12H10FNO3/c1-8(16)14-4-2-3-9-5-10(7-15)12(17)11(13)6-9/h5-7,17H,4H2,1H3,(H,14,16). The lowest BCUT2D eigenvalue weighted by Crippen LogP contribution is -2.19. The molecule has 0 atom stereocenters. The molecular formula is C12H10FNO3. The second-order valence-electron chi connectivity index (χ2n) is 3.23. The van der Waals surface area contributed by atoms with Gasteiger partial charge in [-0.3, -0.25) is 9.59 Å². The molecular weight excluding hydrogens is 225 g/mol. The van der Waals surface area contributed by atoms with E-state index in [2.05, 4.69) is 17.2 Å². The third-order valence-corrected chi connectivity index (χ3v) is 1.88. The van der Waals surface area contributed by atoms with Crippen LogP contribution in [0.15, 0.2) is 12.1 Å². The number of carbonyl (C=O) groups excluding carboxylic acids is 2. The second-order valence-corrected chi connectivity index (χ2v) is 3.23. The van der Waals surface area contributed by atoms with E-state index in [4.69, 9.17) is 5.11 Å². The minimum Gasteiger partial charge on any atom is -0.504 e. The highest BCUT2D eigenvalue weighted by Crippen LogP contribution is 2.20. The Morgan fingerprint density at radius 1 is 1.59 bits per heavy atom. The van der Waals surface area contributed by atoms with E-state index in [0.29, 0.717) is 6.29 Å². The highest BCUT2D eigenvalue weighted by Gasteiger charge is 2.07. The van der Waals surface area contributed by atoms with Gasteiger partial charge in [0.25, 0.3) is 0 Å². The molecule has 0 saturated carbocycles. The number of nitrogens with one attached hydrogen (secondary N) is 1. The van der Waals surface area contributed by atoms with Crippen LogP contribution in [0.5, 0.6) is 5.75 Å². The van der Waals surface area contributed by atoms with Crippen LogP contribution in [0, 0.1) is 17.7 Å². The normalized spacial score (nSPS) is 9.06. The molecule has 0 spiro atoms. The monoisotopic (exact) mass is 235 g/mol. The average molecular weight is 235 g/mol. The number of phenols is 1. The summed E-state index contributed by atoms with van der Waals surface area (Å²) in [6.45, 7) is 1.49. The maximum atomic E-state index is 13.1. The molecule has 1 amide bonds. The van der Waals surface area contributed by atoms with Crippen molar-refractivity contribution in [1.82, 2.24) is 5.32 Å². The van der Waals surface area contributed by atoms with Gasteiger partial charge in [0.2, 0.25) is 5.91 Å². The van der Waals surface area contributed by atoms with Crippen LogP contribution < -0.4 is 5.32 Å². The molecule has 5 heteroatoms. The summed E-state index contributed by atoms with van der Waals surface area (Å²) < 4.78 is 13.1. The van der Waals surface area contributed by atoms with Crippen LogP contribution in [0.3, 0.4) is 0 Å². The van der Waals surface area contributed by atoms with Crippen molar-refractivity contribution < 1.29 is 19.1 Å². The fourth-order valence-electron chi connectivity index (χ4n) is 1.10. The first-order valence-electron chi connectivity index (χ1n) is 4.75. The Balaban J connectivity index is 2.88. The zero-order valence-corrected chi connectivity index (χ0v) is 9.08. The molecule has 0 radical (unpaired) electrons. The van der Waals surface area contributed by atoms with Crippen LogP contribution in [0.4, 0.5) is 4.39 Å². The predicted molar refractivity (Wildman–Crippen MR) is 59.0 cm³/mol. The Bertz CT molecular complexity index is 514. The molecule has 1 aromatic carbocycles. The number of phenolic OH excluding ortho intramolecular Hbond substituents is 1. The van der Waals surface area contributed by atoms with Gasteiger partial charge in [0, 0.05) is 12.5 Å². The minimum atomic E-state index is -0.904. The van der Waals surface area contributed by atoms with E-state index in [0.717, 1.165) is 6.07 Å². The van der Waals surface area contributed by atoms with Crippen molar-refractivity contribution in [3.05, 3.63) is 29.1 Å². The Hall–Kier alpha value is -2.35. The number of aromatic hydroxyl groups is 1. The van der Waals surface area contributed by atoms with Crippen molar-refractivity contribution in [2.45, 2.75) is 6.92 Å². The Morgan fingerprint density at radius 3 is 2.88 bits per heavy atom. The third kappa shape index (κ3) is 3.61.